The van der Waals surface area contributed by atoms with Gasteiger partial charge in [-0.2, -0.15) is 0 Å². The van der Waals surface area contributed by atoms with Crippen LogP contribution in [0.25, 0.3) is 0 Å². The molecule has 0 aliphatic carbocycles. The van der Waals surface area contributed by atoms with Gasteiger partial charge < -0.3 is 14.2 Å². The zero-order valence-corrected chi connectivity index (χ0v) is 17.6. The monoisotopic (exact) mass is 411 g/mol. The lowest BCUT2D eigenvalue weighted by molar-refractivity contribution is 0.140. The quantitative estimate of drug-likeness (QED) is 0.655. The van der Waals surface area contributed by atoms with Crippen molar-refractivity contribution in [1.29, 1.82) is 0 Å². The number of methoxy groups -OCH3 is 2. The lowest BCUT2D eigenvalue weighted by Gasteiger charge is -2.25. The average Bonchev–Trinajstić information content (AvgIpc) is 2.80. The molecule has 27 heavy (non-hydrogen) atoms. The van der Waals surface area contributed by atoms with E-state index in [2.05, 4.69) is 24.0 Å². The molecule has 0 fully saturated rings. The maximum absolute atomic E-state index is 6.37. The van der Waals surface area contributed by atoms with Crippen molar-refractivity contribution in [1.82, 2.24) is 4.90 Å². The highest BCUT2D eigenvalue weighted by atomic mass is 35.5. The third-order valence-electron chi connectivity index (χ3n) is 4.73. The lowest BCUT2D eigenvalue weighted by Crippen LogP contribution is -2.31. The molecule has 0 saturated carbocycles. The highest BCUT2D eigenvalue weighted by molar-refractivity contribution is 6.30. The highest BCUT2D eigenvalue weighted by Gasteiger charge is 2.26. The maximum atomic E-state index is 6.37. The first kappa shape index (κ1) is 21.7. The third-order valence-corrected chi connectivity index (χ3v) is 4.96. The molecule has 0 amide bonds. The van der Waals surface area contributed by atoms with Gasteiger partial charge in [-0.3, -0.25) is 4.90 Å². The van der Waals surface area contributed by atoms with E-state index in [9.17, 15) is 0 Å². The molecule has 1 unspecified atom stereocenters. The Balaban J connectivity index is 0.00000261. The van der Waals surface area contributed by atoms with Crippen LogP contribution in [0.15, 0.2) is 36.4 Å². The highest BCUT2D eigenvalue weighted by Crippen LogP contribution is 2.37. The standard InChI is InChI=1S/C21H26ClNO3.ClH/c1-4-9-23-10-8-15-11-19(24-2)20(25-3)13-18(15)21(14-23)26-17-7-5-6-16(22)12-17;/h5-7,11-13,21H,4,8-10,14H2,1-3H3;1H. The summed E-state index contributed by atoms with van der Waals surface area (Å²) in [6.07, 6.45) is 2.00. The van der Waals surface area contributed by atoms with Crippen LogP contribution in [0.5, 0.6) is 17.2 Å². The molecular weight excluding hydrogens is 385 g/mol. The Labute approximate surface area is 172 Å². The molecule has 1 atom stereocenters. The minimum atomic E-state index is -0.0858. The number of rotatable bonds is 6. The summed E-state index contributed by atoms with van der Waals surface area (Å²) in [4.78, 5) is 2.45. The van der Waals surface area contributed by atoms with Crippen molar-refractivity contribution >= 4 is 24.0 Å². The van der Waals surface area contributed by atoms with Gasteiger partial charge in [0.05, 0.1) is 14.2 Å². The van der Waals surface area contributed by atoms with Crippen LogP contribution in [0, 0.1) is 0 Å². The number of nitrogens with zero attached hydrogens (tertiary/aromatic N) is 1. The largest absolute Gasteiger partial charge is 0.493 e. The van der Waals surface area contributed by atoms with E-state index in [1.165, 1.54) is 5.56 Å². The van der Waals surface area contributed by atoms with E-state index in [-0.39, 0.29) is 18.5 Å². The fraction of sp³-hybridized carbons (Fsp3) is 0.429. The number of hydrogen-bond donors (Lipinski definition) is 0. The number of halogens is 2. The van der Waals surface area contributed by atoms with Crippen molar-refractivity contribution in [2.24, 2.45) is 0 Å². The summed E-state index contributed by atoms with van der Waals surface area (Å²) in [6, 6.07) is 11.7. The van der Waals surface area contributed by atoms with Gasteiger partial charge in [0.1, 0.15) is 11.9 Å². The third kappa shape index (κ3) is 5.22. The Morgan fingerprint density at radius 1 is 1.11 bits per heavy atom. The molecule has 0 bridgehead atoms. The molecule has 1 aliphatic heterocycles. The first-order valence-electron chi connectivity index (χ1n) is 9.04. The van der Waals surface area contributed by atoms with Crippen molar-refractivity contribution < 1.29 is 14.2 Å². The number of fused-ring (bicyclic) bond motifs is 1. The molecule has 2 aromatic carbocycles. The van der Waals surface area contributed by atoms with E-state index in [1.807, 2.05) is 24.3 Å². The van der Waals surface area contributed by atoms with Gasteiger partial charge >= 0.3 is 0 Å². The fourth-order valence-electron chi connectivity index (χ4n) is 3.48. The second-order valence-corrected chi connectivity index (χ2v) is 6.96. The summed E-state index contributed by atoms with van der Waals surface area (Å²) < 4.78 is 17.4. The van der Waals surface area contributed by atoms with Crippen molar-refractivity contribution in [2.45, 2.75) is 25.9 Å². The van der Waals surface area contributed by atoms with E-state index < -0.39 is 0 Å². The van der Waals surface area contributed by atoms with Crippen molar-refractivity contribution in [2.75, 3.05) is 33.9 Å². The van der Waals surface area contributed by atoms with Crippen LogP contribution in [0.1, 0.15) is 30.6 Å². The molecule has 6 heteroatoms. The normalized spacial score (nSPS) is 16.7. The minimum absolute atomic E-state index is 0. The van der Waals surface area contributed by atoms with Gasteiger partial charge in [-0.05, 0) is 55.3 Å². The van der Waals surface area contributed by atoms with Gasteiger partial charge in [0.2, 0.25) is 0 Å². The predicted octanol–water partition coefficient (Wildman–Crippen LogP) is 5.17. The van der Waals surface area contributed by atoms with Crippen LogP contribution in [0.3, 0.4) is 0 Å². The van der Waals surface area contributed by atoms with Gasteiger partial charge in [-0.1, -0.05) is 24.6 Å². The molecule has 148 valence electrons. The van der Waals surface area contributed by atoms with Gasteiger partial charge in [0.15, 0.2) is 11.5 Å². The number of benzene rings is 2. The van der Waals surface area contributed by atoms with E-state index in [0.29, 0.717) is 5.02 Å². The first-order chi connectivity index (χ1) is 12.6. The first-order valence-corrected chi connectivity index (χ1v) is 9.41. The van der Waals surface area contributed by atoms with E-state index in [4.69, 9.17) is 25.8 Å². The van der Waals surface area contributed by atoms with Crippen LogP contribution in [-0.4, -0.2) is 38.8 Å². The zero-order chi connectivity index (χ0) is 18.5. The molecule has 0 N–H and O–H groups in total. The van der Waals surface area contributed by atoms with E-state index in [1.54, 1.807) is 14.2 Å². The summed E-state index contributed by atoms with van der Waals surface area (Å²) in [7, 11) is 3.33. The average molecular weight is 412 g/mol. The van der Waals surface area contributed by atoms with Gasteiger partial charge in [0, 0.05) is 23.7 Å². The van der Waals surface area contributed by atoms with E-state index in [0.717, 1.165) is 55.3 Å². The van der Waals surface area contributed by atoms with Gasteiger partial charge in [0.25, 0.3) is 0 Å². The maximum Gasteiger partial charge on any atom is 0.161 e. The van der Waals surface area contributed by atoms with Crippen LogP contribution in [0.2, 0.25) is 5.02 Å². The molecular formula is C21H27Cl2NO3. The summed E-state index contributed by atoms with van der Waals surface area (Å²) in [6.45, 7) is 5.10. The second-order valence-electron chi connectivity index (χ2n) is 6.52. The van der Waals surface area contributed by atoms with Crippen LogP contribution >= 0.6 is 24.0 Å². The second kappa shape index (κ2) is 10.1. The Bertz CT molecular complexity index is 754. The molecule has 0 radical (unpaired) electrons. The topological polar surface area (TPSA) is 30.9 Å². The van der Waals surface area contributed by atoms with Crippen molar-refractivity contribution in [3.63, 3.8) is 0 Å². The van der Waals surface area contributed by atoms with Gasteiger partial charge in [-0.25, -0.2) is 0 Å². The summed E-state index contributed by atoms with van der Waals surface area (Å²) in [5.74, 6) is 2.27. The predicted molar refractivity (Wildman–Crippen MR) is 112 cm³/mol. The van der Waals surface area contributed by atoms with Crippen molar-refractivity contribution in [3.8, 4) is 17.2 Å². The zero-order valence-electron chi connectivity index (χ0n) is 16.0. The molecule has 0 spiro atoms. The molecule has 1 aliphatic rings. The Morgan fingerprint density at radius 3 is 2.52 bits per heavy atom. The SMILES string of the molecule is CCCN1CCc2cc(OC)c(OC)cc2C(Oc2cccc(Cl)c2)C1.Cl. The summed E-state index contributed by atoms with van der Waals surface area (Å²) >= 11 is 6.13. The van der Waals surface area contributed by atoms with Crippen LogP contribution in [0.4, 0.5) is 0 Å². The Hall–Kier alpha value is -1.62. The van der Waals surface area contributed by atoms with Gasteiger partial charge in [-0.15, -0.1) is 12.4 Å². The number of hydrogen-bond acceptors (Lipinski definition) is 4. The number of ether oxygens (including phenoxy) is 3. The molecule has 3 rings (SSSR count). The van der Waals surface area contributed by atoms with Crippen LogP contribution in [-0.2, 0) is 6.42 Å². The Morgan fingerprint density at radius 2 is 1.85 bits per heavy atom. The van der Waals surface area contributed by atoms with Crippen molar-refractivity contribution in [3.05, 3.63) is 52.5 Å². The molecule has 0 saturated heterocycles. The molecule has 1 heterocycles. The molecule has 4 nitrogen and oxygen atoms in total. The molecule has 2 aromatic rings. The summed E-state index contributed by atoms with van der Waals surface area (Å²) in [5.41, 5.74) is 2.40. The smallest absolute Gasteiger partial charge is 0.161 e. The van der Waals surface area contributed by atoms with E-state index >= 15 is 0 Å². The fourth-order valence-corrected chi connectivity index (χ4v) is 3.66. The molecule has 0 aromatic heterocycles. The minimum Gasteiger partial charge on any atom is -0.493 e. The lowest BCUT2D eigenvalue weighted by atomic mass is 10.00. The van der Waals surface area contributed by atoms with Crippen LogP contribution < -0.4 is 14.2 Å². The summed E-state index contributed by atoms with van der Waals surface area (Å²) in [5, 5.41) is 0.675. The Kier molecular flexibility index (Phi) is 8.08.